The highest BCUT2D eigenvalue weighted by molar-refractivity contribution is 8.14. The number of rotatable bonds is 3. The summed E-state index contributed by atoms with van der Waals surface area (Å²) in [6.45, 7) is 0. The molecule has 8 heteroatoms. The Morgan fingerprint density at radius 3 is 2.31 bits per heavy atom. The van der Waals surface area contributed by atoms with Crippen LogP contribution in [0, 0.1) is 5.41 Å². The standard InChI is InChI=1S/C5H7F3N2O2S/c6-5(7,8)2(1-3(11)12)13-4(9)10/h2H,1H2,(H3,9,10)(H,11,12). The molecule has 0 radical (unpaired) electrons. The van der Waals surface area contributed by atoms with E-state index >= 15 is 0 Å². The number of halogens is 3. The van der Waals surface area contributed by atoms with Crippen LogP contribution in [0.3, 0.4) is 0 Å². The maximum atomic E-state index is 12.0. The second-order valence-electron chi connectivity index (χ2n) is 2.11. The van der Waals surface area contributed by atoms with Gasteiger partial charge in [0.15, 0.2) is 5.17 Å². The summed E-state index contributed by atoms with van der Waals surface area (Å²) < 4.78 is 36.0. The van der Waals surface area contributed by atoms with E-state index in [2.05, 4.69) is 0 Å². The monoisotopic (exact) mass is 216 g/mol. The summed E-state index contributed by atoms with van der Waals surface area (Å²) >= 11 is -0.00991. The highest BCUT2D eigenvalue weighted by Gasteiger charge is 2.42. The smallest absolute Gasteiger partial charge is 0.401 e. The summed E-state index contributed by atoms with van der Waals surface area (Å²) in [6.07, 6.45) is -5.75. The van der Waals surface area contributed by atoms with Gasteiger partial charge in [-0.05, 0) is 0 Å². The molecule has 0 bridgehead atoms. The molecule has 0 aliphatic carbocycles. The summed E-state index contributed by atoms with van der Waals surface area (Å²) in [4.78, 5) is 10.0. The fourth-order valence-electron chi connectivity index (χ4n) is 0.536. The highest BCUT2D eigenvalue weighted by Crippen LogP contribution is 2.32. The van der Waals surface area contributed by atoms with Gasteiger partial charge in [0.05, 0.1) is 6.42 Å². The first-order valence-corrected chi connectivity index (χ1v) is 3.90. The first-order valence-electron chi connectivity index (χ1n) is 3.02. The lowest BCUT2D eigenvalue weighted by Crippen LogP contribution is -2.30. The summed E-state index contributed by atoms with van der Waals surface area (Å²) in [5.41, 5.74) is 4.72. The van der Waals surface area contributed by atoms with Gasteiger partial charge in [-0.15, -0.1) is 0 Å². The summed E-state index contributed by atoms with van der Waals surface area (Å²) in [6, 6.07) is 0. The molecule has 1 atom stereocenters. The predicted octanol–water partition coefficient (Wildman–Crippen LogP) is 1.02. The van der Waals surface area contributed by atoms with Gasteiger partial charge in [-0.1, -0.05) is 11.8 Å². The lowest BCUT2D eigenvalue weighted by Gasteiger charge is -2.16. The molecular formula is C5H7F3N2O2S. The van der Waals surface area contributed by atoms with E-state index in [0.29, 0.717) is 0 Å². The Morgan fingerprint density at radius 1 is 1.62 bits per heavy atom. The number of hydrogen-bond acceptors (Lipinski definition) is 3. The van der Waals surface area contributed by atoms with Crippen molar-refractivity contribution in [3.63, 3.8) is 0 Å². The summed E-state index contributed by atoms with van der Waals surface area (Å²) in [5, 5.41) is 11.8. The molecule has 0 aliphatic heterocycles. The van der Waals surface area contributed by atoms with Crippen LogP contribution in [-0.4, -0.2) is 27.7 Å². The third-order valence-corrected chi connectivity index (χ3v) is 1.97. The maximum absolute atomic E-state index is 12.0. The van der Waals surface area contributed by atoms with Gasteiger partial charge in [0.25, 0.3) is 0 Å². The average molecular weight is 216 g/mol. The normalized spacial score (nSPS) is 13.8. The van der Waals surface area contributed by atoms with Crippen LogP contribution in [-0.2, 0) is 4.79 Å². The van der Waals surface area contributed by atoms with Crippen LogP contribution < -0.4 is 5.73 Å². The number of alkyl halides is 3. The maximum Gasteiger partial charge on any atom is 0.401 e. The highest BCUT2D eigenvalue weighted by atomic mass is 32.2. The van der Waals surface area contributed by atoms with E-state index in [4.69, 9.17) is 16.2 Å². The minimum Gasteiger partial charge on any atom is -0.481 e. The number of carboxylic acids is 1. The minimum absolute atomic E-state index is 0.00991. The number of carboxylic acid groups (broad SMARTS) is 1. The number of hydrogen-bond donors (Lipinski definition) is 3. The van der Waals surface area contributed by atoms with Gasteiger partial charge < -0.3 is 10.8 Å². The van der Waals surface area contributed by atoms with Crippen molar-refractivity contribution in [2.24, 2.45) is 5.73 Å². The van der Waals surface area contributed by atoms with Crippen molar-refractivity contribution in [3.8, 4) is 0 Å². The molecule has 0 aromatic rings. The van der Waals surface area contributed by atoms with Crippen molar-refractivity contribution in [2.75, 3.05) is 0 Å². The van der Waals surface area contributed by atoms with Crippen LogP contribution in [0.25, 0.3) is 0 Å². The second kappa shape index (κ2) is 4.35. The van der Waals surface area contributed by atoms with Crippen molar-refractivity contribution in [1.82, 2.24) is 0 Å². The van der Waals surface area contributed by atoms with E-state index in [1.807, 2.05) is 0 Å². The predicted molar refractivity (Wildman–Crippen MR) is 41.6 cm³/mol. The second-order valence-corrected chi connectivity index (χ2v) is 3.35. The summed E-state index contributed by atoms with van der Waals surface area (Å²) in [5.74, 6) is -1.57. The van der Waals surface area contributed by atoms with Gasteiger partial charge in [-0.2, -0.15) is 13.2 Å². The number of nitrogens with two attached hydrogens (primary N) is 1. The van der Waals surface area contributed by atoms with Crippen molar-refractivity contribution in [2.45, 2.75) is 17.8 Å². The Hall–Kier alpha value is -0.920. The van der Waals surface area contributed by atoms with E-state index in [9.17, 15) is 18.0 Å². The zero-order valence-electron chi connectivity index (χ0n) is 6.26. The Kier molecular flexibility index (Phi) is 4.05. The third kappa shape index (κ3) is 5.34. The van der Waals surface area contributed by atoms with Crippen molar-refractivity contribution in [3.05, 3.63) is 0 Å². The quantitative estimate of drug-likeness (QED) is 0.485. The van der Waals surface area contributed by atoms with Gasteiger partial charge in [0, 0.05) is 0 Å². The van der Waals surface area contributed by atoms with E-state index in [1.54, 1.807) is 0 Å². The fourth-order valence-corrected chi connectivity index (χ4v) is 1.20. The number of aliphatic carboxylic acids is 1. The van der Waals surface area contributed by atoms with Crippen molar-refractivity contribution in [1.29, 1.82) is 5.41 Å². The van der Waals surface area contributed by atoms with Crippen LogP contribution in [0.4, 0.5) is 13.2 Å². The van der Waals surface area contributed by atoms with Crippen LogP contribution in [0.2, 0.25) is 0 Å². The Morgan fingerprint density at radius 2 is 2.08 bits per heavy atom. The molecule has 0 aliphatic rings. The molecule has 0 aromatic carbocycles. The lowest BCUT2D eigenvalue weighted by molar-refractivity contribution is -0.149. The van der Waals surface area contributed by atoms with Gasteiger partial charge in [0.2, 0.25) is 0 Å². The fraction of sp³-hybridized carbons (Fsp3) is 0.600. The van der Waals surface area contributed by atoms with E-state index in [-0.39, 0.29) is 11.8 Å². The Labute approximate surface area is 75.8 Å². The lowest BCUT2D eigenvalue weighted by atomic mass is 10.3. The average Bonchev–Trinajstić information content (AvgIpc) is 1.81. The summed E-state index contributed by atoms with van der Waals surface area (Å²) in [7, 11) is 0. The molecule has 0 saturated carbocycles. The first-order chi connectivity index (χ1) is 5.73. The van der Waals surface area contributed by atoms with Crippen molar-refractivity contribution >= 4 is 22.9 Å². The van der Waals surface area contributed by atoms with E-state index < -0.39 is 29.0 Å². The van der Waals surface area contributed by atoms with Gasteiger partial charge in [-0.3, -0.25) is 10.2 Å². The van der Waals surface area contributed by atoms with E-state index in [1.165, 1.54) is 0 Å². The SMILES string of the molecule is N=C(N)SC(CC(=O)O)C(F)(F)F. The van der Waals surface area contributed by atoms with Gasteiger partial charge in [-0.25, -0.2) is 0 Å². The molecule has 0 amide bonds. The van der Waals surface area contributed by atoms with Gasteiger partial charge >= 0.3 is 12.1 Å². The molecule has 0 spiro atoms. The molecule has 4 nitrogen and oxygen atoms in total. The molecular weight excluding hydrogens is 209 g/mol. The zero-order chi connectivity index (χ0) is 10.6. The number of amidine groups is 1. The minimum atomic E-state index is -4.66. The van der Waals surface area contributed by atoms with Crippen LogP contribution in [0.15, 0.2) is 0 Å². The molecule has 0 fully saturated rings. The molecule has 0 rings (SSSR count). The number of carbonyl (C=O) groups is 1. The number of nitrogens with one attached hydrogen (secondary N) is 1. The molecule has 76 valence electrons. The zero-order valence-corrected chi connectivity index (χ0v) is 7.08. The topological polar surface area (TPSA) is 87.2 Å². The molecule has 0 saturated heterocycles. The van der Waals surface area contributed by atoms with Crippen molar-refractivity contribution < 1.29 is 23.1 Å². The molecule has 0 aromatic heterocycles. The number of thioether (sulfide) groups is 1. The van der Waals surface area contributed by atoms with E-state index in [0.717, 1.165) is 0 Å². The Bertz CT molecular complexity index is 202. The largest absolute Gasteiger partial charge is 0.481 e. The van der Waals surface area contributed by atoms with Crippen LogP contribution >= 0.6 is 11.8 Å². The van der Waals surface area contributed by atoms with Crippen LogP contribution in [0.5, 0.6) is 0 Å². The molecule has 13 heavy (non-hydrogen) atoms. The third-order valence-electron chi connectivity index (χ3n) is 0.994. The van der Waals surface area contributed by atoms with Crippen LogP contribution in [0.1, 0.15) is 6.42 Å². The molecule has 4 N–H and O–H groups in total. The molecule has 0 heterocycles. The first kappa shape index (κ1) is 12.1. The van der Waals surface area contributed by atoms with Gasteiger partial charge in [0.1, 0.15) is 5.25 Å². The Balaban J connectivity index is 4.37. The molecule has 1 unspecified atom stereocenters.